The number of carbonyl (C=O) groups is 2. The summed E-state index contributed by atoms with van der Waals surface area (Å²) in [7, 11) is 0. The minimum Gasteiger partial charge on any atom is -0.493 e. The Morgan fingerprint density at radius 2 is 1.66 bits per heavy atom. The molecule has 0 aromatic heterocycles. The molecule has 1 unspecified atom stereocenters. The second-order valence-corrected chi connectivity index (χ2v) is 10.6. The van der Waals surface area contributed by atoms with E-state index in [-0.39, 0.29) is 23.0 Å². The maximum atomic E-state index is 13.0. The third-order valence-electron chi connectivity index (χ3n) is 6.46. The van der Waals surface area contributed by atoms with E-state index in [0.717, 1.165) is 28.9 Å². The molecule has 3 N–H and O–H groups in total. The van der Waals surface area contributed by atoms with Gasteiger partial charge in [-0.15, -0.1) is 0 Å². The van der Waals surface area contributed by atoms with Crippen molar-refractivity contribution in [1.82, 2.24) is 10.6 Å². The molecule has 0 fully saturated rings. The monoisotopic (exact) mass is 531 g/mol. The van der Waals surface area contributed by atoms with Crippen LogP contribution in [0.15, 0.2) is 72.8 Å². The topological polar surface area (TPSA) is 79.5 Å². The lowest BCUT2D eigenvalue weighted by molar-refractivity contribution is -0.128. The maximum absolute atomic E-state index is 13.0. The summed E-state index contributed by atoms with van der Waals surface area (Å²) in [5, 5.41) is 8.97. The molecule has 0 spiro atoms. The van der Waals surface area contributed by atoms with Crippen LogP contribution >= 0.6 is 12.2 Å². The predicted octanol–water partition coefficient (Wildman–Crippen LogP) is 6.49. The average Bonchev–Trinajstić information content (AvgIpc) is 2.89. The van der Waals surface area contributed by atoms with Crippen molar-refractivity contribution in [3.63, 3.8) is 0 Å². The predicted molar refractivity (Wildman–Crippen MR) is 158 cm³/mol. The molecule has 2 amide bonds. The number of nitrogens with one attached hydrogen (secondary N) is 3. The zero-order valence-electron chi connectivity index (χ0n) is 22.8. The fourth-order valence-electron chi connectivity index (χ4n) is 3.99. The van der Waals surface area contributed by atoms with Crippen LogP contribution in [-0.4, -0.2) is 23.5 Å². The first-order valence-electron chi connectivity index (χ1n) is 12.8. The Labute approximate surface area is 231 Å². The Morgan fingerprint density at radius 1 is 0.974 bits per heavy atom. The number of hydrogen-bond donors (Lipinski definition) is 3. The summed E-state index contributed by atoms with van der Waals surface area (Å²) in [4.78, 5) is 26.0. The van der Waals surface area contributed by atoms with Gasteiger partial charge in [0, 0.05) is 5.41 Å². The molecule has 6 nitrogen and oxygen atoms in total. The maximum Gasteiger partial charge on any atom is 0.253 e. The molecule has 0 saturated carbocycles. The lowest BCUT2D eigenvalue weighted by atomic mass is 9.87. The van der Waals surface area contributed by atoms with Crippen LogP contribution in [0.3, 0.4) is 0 Å². The third-order valence-corrected chi connectivity index (χ3v) is 6.66. The second-order valence-electron chi connectivity index (χ2n) is 10.2. The van der Waals surface area contributed by atoms with Gasteiger partial charge in [-0.3, -0.25) is 9.59 Å². The van der Waals surface area contributed by atoms with Gasteiger partial charge in [0.2, 0.25) is 5.91 Å². The van der Waals surface area contributed by atoms with E-state index in [1.165, 1.54) is 0 Å². The molecule has 0 aliphatic rings. The van der Waals surface area contributed by atoms with Crippen molar-refractivity contribution >= 4 is 34.8 Å². The van der Waals surface area contributed by atoms with Gasteiger partial charge >= 0.3 is 0 Å². The highest BCUT2D eigenvalue weighted by Gasteiger charge is 2.28. The molecule has 0 aliphatic carbocycles. The molecule has 0 saturated heterocycles. The van der Waals surface area contributed by atoms with Crippen molar-refractivity contribution in [2.45, 2.75) is 53.5 Å². The smallest absolute Gasteiger partial charge is 0.253 e. The number of aryl methyl sites for hydroxylation is 2. The number of para-hydroxylation sites is 1. The lowest BCUT2D eigenvalue weighted by Gasteiger charge is -2.24. The van der Waals surface area contributed by atoms with Crippen LogP contribution in [-0.2, 0) is 4.79 Å². The summed E-state index contributed by atoms with van der Waals surface area (Å²) in [5.41, 5.74) is 3.56. The van der Waals surface area contributed by atoms with Gasteiger partial charge in [0.25, 0.3) is 5.91 Å². The molecule has 38 heavy (non-hydrogen) atoms. The van der Waals surface area contributed by atoms with Crippen LogP contribution in [0.4, 0.5) is 5.69 Å². The molecule has 0 radical (unpaired) electrons. The summed E-state index contributed by atoms with van der Waals surface area (Å²) >= 11 is 5.42. The fourth-order valence-corrected chi connectivity index (χ4v) is 4.19. The lowest BCUT2D eigenvalue weighted by Crippen LogP contribution is -2.42. The SMILES string of the molecule is Cc1ccc(C)c(OCCCC(C)(C)C(=O)NC(=S)Nc2ccccc2C(=O)NC(C)c2ccccc2)c1. The van der Waals surface area contributed by atoms with Gasteiger partial charge in [-0.1, -0.05) is 68.4 Å². The number of amides is 2. The molecular weight excluding hydrogens is 494 g/mol. The quantitative estimate of drug-likeness (QED) is 0.206. The summed E-state index contributed by atoms with van der Waals surface area (Å²) in [6.45, 7) is 10.3. The van der Waals surface area contributed by atoms with E-state index in [0.29, 0.717) is 24.3 Å². The van der Waals surface area contributed by atoms with Crippen LogP contribution < -0.4 is 20.7 Å². The number of thiocarbonyl (C=S) groups is 1. The molecule has 7 heteroatoms. The number of benzene rings is 3. The molecule has 1 atom stereocenters. The van der Waals surface area contributed by atoms with Crippen molar-refractivity contribution in [1.29, 1.82) is 0 Å². The van der Waals surface area contributed by atoms with Gasteiger partial charge in [-0.25, -0.2) is 0 Å². The Hall–Kier alpha value is -3.71. The standard InChI is InChI=1S/C31H37N3O3S/c1-21-16-17-22(2)27(20-21)37-19-11-18-31(4,5)29(36)34-30(38)33-26-15-10-9-14-25(26)28(35)32-23(3)24-12-7-6-8-13-24/h6-10,12-17,20,23H,11,18-19H2,1-5H3,(H,32,35)(H2,33,34,36,38). The van der Waals surface area contributed by atoms with Gasteiger partial charge in [0.15, 0.2) is 5.11 Å². The Bertz CT molecular complexity index is 1270. The van der Waals surface area contributed by atoms with Crippen molar-refractivity contribution in [2.75, 3.05) is 11.9 Å². The molecule has 0 bridgehead atoms. The number of carbonyl (C=O) groups excluding carboxylic acids is 2. The molecule has 3 aromatic carbocycles. The van der Waals surface area contributed by atoms with Crippen molar-refractivity contribution < 1.29 is 14.3 Å². The van der Waals surface area contributed by atoms with Crippen LogP contribution in [0.5, 0.6) is 5.75 Å². The molecule has 0 heterocycles. The highest BCUT2D eigenvalue weighted by molar-refractivity contribution is 7.80. The van der Waals surface area contributed by atoms with Crippen LogP contribution in [0.1, 0.15) is 66.7 Å². The zero-order valence-corrected chi connectivity index (χ0v) is 23.6. The number of hydrogen-bond acceptors (Lipinski definition) is 4. The molecule has 3 rings (SSSR count). The zero-order chi connectivity index (χ0) is 27.7. The normalized spacial score (nSPS) is 11.8. The van der Waals surface area contributed by atoms with Crippen LogP contribution in [0, 0.1) is 19.3 Å². The fraction of sp³-hybridized carbons (Fsp3) is 0.323. The molecule has 200 valence electrons. The summed E-state index contributed by atoms with van der Waals surface area (Å²) < 4.78 is 5.94. The Balaban J connectivity index is 1.53. The van der Waals surface area contributed by atoms with Gasteiger partial charge in [-0.2, -0.15) is 0 Å². The first kappa shape index (κ1) is 28.9. The van der Waals surface area contributed by atoms with Crippen molar-refractivity contribution in [2.24, 2.45) is 5.41 Å². The van der Waals surface area contributed by atoms with E-state index in [1.807, 2.05) is 83.1 Å². The molecule has 0 aliphatic heterocycles. The summed E-state index contributed by atoms with van der Waals surface area (Å²) in [6, 6.07) is 22.8. The second kappa shape index (κ2) is 13.2. The van der Waals surface area contributed by atoms with Gasteiger partial charge in [0.05, 0.1) is 23.9 Å². The largest absolute Gasteiger partial charge is 0.493 e. The first-order valence-corrected chi connectivity index (χ1v) is 13.2. The number of ether oxygens (including phenoxy) is 1. The summed E-state index contributed by atoms with van der Waals surface area (Å²) in [6.07, 6.45) is 1.35. The highest BCUT2D eigenvalue weighted by atomic mass is 32.1. The minimum absolute atomic E-state index is 0.145. The summed E-state index contributed by atoms with van der Waals surface area (Å²) in [5.74, 6) is 0.447. The van der Waals surface area contributed by atoms with E-state index in [1.54, 1.807) is 18.2 Å². The van der Waals surface area contributed by atoms with E-state index in [9.17, 15) is 9.59 Å². The average molecular weight is 532 g/mol. The number of rotatable bonds is 10. The van der Waals surface area contributed by atoms with Gasteiger partial charge in [0.1, 0.15) is 5.75 Å². The van der Waals surface area contributed by atoms with E-state index < -0.39 is 5.41 Å². The van der Waals surface area contributed by atoms with Crippen LogP contribution in [0.25, 0.3) is 0 Å². The molecular formula is C31H37N3O3S. The van der Waals surface area contributed by atoms with Gasteiger partial charge < -0.3 is 20.7 Å². The van der Waals surface area contributed by atoms with Crippen LogP contribution in [0.2, 0.25) is 0 Å². The van der Waals surface area contributed by atoms with Crippen molar-refractivity contribution in [3.8, 4) is 5.75 Å². The number of anilines is 1. The third kappa shape index (κ3) is 8.15. The molecule has 3 aromatic rings. The highest BCUT2D eigenvalue weighted by Crippen LogP contribution is 2.25. The minimum atomic E-state index is -0.654. The first-order chi connectivity index (χ1) is 18.1. The van der Waals surface area contributed by atoms with E-state index >= 15 is 0 Å². The van der Waals surface area contributed by atoms with Crippen molar-refractivity contribution in [3.05, 3.63) is 95.1 Å². The van der Waals surface area contributed by atoms with E-state index in [4.69, 9.17) is 17.0 Å². The Morgan fingerprint density at radius 3 is 2.39 bits per heavy atom. The van der Waals surface area contributed by atoms with E-state index in [2.05, 4.69) is 22.0 Å². The Kier molecular flexibility index (Phi) is 10.0. The van der Waals surface area contributed by atoms with Gasteiger partial charge in [-0.05, 0) is 80.7 Å².